The number of ether oxygens (including phenoxy) is 4. The fourth-order valence-corrected chi connectivity index (χ4v) is 3.93. The summed E-state index contributed by atoms with van der Waals surface area (Å²) in [6, 6.07) is 15.6. The van der Waals surface area contributed by atoms with Gasteiger partial charge in [0.05, 0.1) is 37.5 Å². The maximum atomic E-state index is 9.96. The van der Waals surface area contributed by atoms with E-state index in [1.807, 2.05) is 49.4 Å². The largest absolute Gasteiger partial charge is 0.494 e. The second kappa shape index (κ2) is 10.2. The number of hydrogen-bond acceptors (Lipinski definition) is 7. The molecule has 1 aliphatic heterocycles. The molecule has 8 nitrogen and oxygen atoms in total. The molecule has 2 heterocycles. The highest BCUT2D eigenvalue weighted by atomic mass is 16.5. The summed E-state index contributed by atoms with van der Waals surface area (Å²) in [5.41, 5.74) is 9.61. The molecule has 0 unspecified atom stereocenters. The van der Waals surface area contributed by atoms with Crippen molar-refractivity contribution in [1.82, 2.24) is 10.2 Å². The first-order valence-electron chi connectivity index (χ1n) is 11.3. The zero-order chi connectivity index (χ0) is 24.1. The lowest BCUT2D eigenvalue weighted by atomic mass is 9.83. The molecule has 0 saturated heterocycles. The summed E-state index contributed by atoms with van der Waals surface area (Å²) in [6.07, 6.45) is 1.82. The third kappa shape index (κ3) is 4.37. The number of nitrogens with zero attached hydrogens (tertiary/aromatic N) is 2. The number of nitrogens with one attached hydrogen (secondary N) is 1. The van der Waals surface area contributed by atoms with E-state index in [9.17, 15) is 5.26 Å². The molecule has 34 heavy (non-hydrogen) atoms. The first kappa shape index (κ1) is 23.1. The number of fused-ring (bicyclic) bond motifs is 1. The first-order chi connectivity index (χ1) is 16.6. The van der Waals surface area contributed by atoms with Crippen LogP contribution < -0.4 is 24.7 Å². The number of benzene rings is 2. The third-order valence-corrected chi connectivity index (χ3v) is 5.54. The summed E-state index contributed by atoms with van der Waals surface area (Å²) in [5.74, 6) is 1.90. The molecule has 8 heteroatoms. The molecule has 0 bridgehead atoms. The molecule has 3 N–H and O–H groups in total. The van der Waals surface area contributed by atoms with Gasteiger partial charge in [0, 0.05) is 5.56 Å². The van der Waals surface area contributed by atoms with Gasteiger partial charge in [-0.25, -0.2) is 0 Å². The van der Waals surface area contributed by atoms with Gasteiger partial charge in [0.1, 0.15) is 17.4 Å². The molecule has 0 fully saturated rings. The van der Waals surface area contributed by atoms with Crippen LogP contribution in [-0.4, -0.2) is 30.5 Å². The van der Waals surface area contributed by atoms with Crippen LogP contribution in [-0.2, 0) is 0 Å². The van der Waals surface area contributed by atoms with E-state index in [0.29, 0.717) is 36.2 Å². The Kier molecular flexibility index (Phi) is 6.93. The Labute approximate surface area is 198 Å². The highest BCUT2D eigenvalue weighted by molar-refractivity contribution is 5.71. The monoisotopic (exact) mass is 460 g/mol. The van der Waals surface area contributed by atoms with Gasteiger partial charge in [-0.1, -0.05) is 19.9 Å². The summed E-state index contributed by atoms with van der Waals surface area (Å²) >= 11 is 0. The lowest BCUT2D eigenvalue weighted by Crippen LogP contribution is -2.21. The van der Waals surface area contributed by atoms with Gasteiger partial charge < -0.3 is 24.7 Å². The number of aromatic nitrogens is 2. The van der Waals surface area contributed by atoms with Crippen LogP contribution in [0, 0.1) is 11.3 Å². The van der Waals surface area contributed by atoms with Crippen molar-refractivity contribution in [3.8, 4) is 40.5 Å². The Balaban J connectivity index is 1.79. The summed E-state index contributed by atoms with van der Waals surface area (Å²) < 4.78 is 22.8. The molecular weight excluding hydrogens is 432 g/mol. The van der Waals surface area contributed by atoms with Gasteiger partial charge in [-0.2, -0.15) is 5.26 Å². The van der Waals surface area contributed by atoms with E-state index in [2.05, 4.69) is 23.2 Å². The molecule has 1 aliphatic rings. The molecule has 1 aromatic heterocycles. The van der Waals surface area contributed by atoms with Gasteiger partial charge in [0.15, 0.2) is 11.5 Å². The molecular formula is C26H28N4O4. The summed E-state index contributed by atoms with van der Waals surface area (Å²) in [5, 5.41) is 17.4. The fraction of sp³-hybridized carbons (Fsp3) is 0.308. The second-order valence-electron chi connectivity index (χ2n) is 7.87. The van der Waals surface area contributed by atoms with Crippen LogP contribution in [0.3, 0.4) is 0 Å². The van der Waals surface area contributed by atoms with E-state index in [1.54, 1.807) is 7.11 Å². The lowest BCUT2D eigenvalue weighted by molar-refractivity contribution is 0.294. The maximum absolute atomic E-state index is 9.96. The molecule has 0 aliphatic carbocycles. The van der Waals surface area contributed by atoms with Crippen molar-refractivity contribution in [2.45, 2.75) is 32.6 Å². The second-order valence-corrected chi connectivity index (χ2v) is 7.87. The van der Waals surface area contributed by atoms with Crippen molar-refractivity contribution < 1.29 is 18.9 Å². The number of hydrogen-bond donors (Lipinski definition) is 2. The molecule has 176 valence electrons. The Bertz CT molecular complexity index is 1220. The summed E-state index contributed by atoms with van der Waals surface area (Å²) in [4.78, 5) is 0. The number of H-pyrrole nitrogens is 1. The molecule has 0 saturated carbocycles. The van der Waals surface area contributed by atoms with Crippen LogP contribution in [0.25, 0.3) is 11.3 Å². The number of nitrogens with two attached hydrogens (primary N) is 1. The smallest absolute Gasteiger partial charge is 0.244 e. The quantitative estimate of drug-likeness (QED) is 0.467. The summed E-state index contributed by atoms with van der Waals surface area (Å²) in [6.45, 7) is 5.34. The Morgan fingerprint density at radius 1 is 1.06 bits per heavy atom. The van der Waals surface area contributed by atoms with E-state index in [4.69, 9.17) is 24.7 Å². The van der Waals surface area contributed by atoms with Gasteiger partial charge in [0.2, 0.25) is 11.8 Å². The van der Waals surface area contributed by atoms with Crippen LogP contribution in [0.1, 0.15) is 43.7 Å². The number of allylic oxidation sites excluding steroid dienone is 1. The minimum atomic E-state index is -0.493. The molecule has 2 aromatic carbocycles. The zero-order valence-electron chi connectivity index (χ0n) is 19.6. The lowest BCUT2D eigenvalue weighted by Gasteiger charge is -2.25. The van der Waals surface area contributed by atoms with Crippen LogP contribution in [0.15, 0.2) is 53.9 Å². The topological polar surface area (TPSA) is 115 Å². The van der Waals surface area contributed by atoms with Gasteiger partial charge in [-0.3, -0.25) is 5.10 Å². The van der Waals surface area contributed by atoms with Crippen LogP contribution >= 0.6 is 0 Å². The number of methoxy groups -OCH3 is 1. The van der Waals surface area contributed by atoms with Crippen LogP contribution in [0.4, 0.5) is 0 Å². The standard InChI is InChI=1S/C26H28N4O4/c1-4-12-32-18-9-6-16(7-10-18)24-23-22(19(15-27)25(28)34-26(23)30-29-24)17-8-11-20(33-13-5-2)21(14-17)31-3/h6-11,14,22H,4-5,12-13,28H2,1-3H3,(H,29,30)/t22-/m1/s1. The number of aromatic amines is 1. The molecule has 0 radical (unpaired) electrons. The summed E-state index contributed by atoms with van der Waals surface area (Å²) in [7, 11) is 1.59. The maximum Gasteiger partial charge on any atom is 0.244 e. The van der Waals surface area contributed by atoms with Crippen molar-refractivity contribution in [3.05, 3.63) is 65.0 Å². The molecule has 3 aromatic rings. The van der Waals surface area contributed by atoms with Crippen LogP contribution in [0.5, 0.6) is 23.1 Å². The Hall–Kier alpha value is -4.12. The van der Waals surface area contributed by atoms with Crippen molar-refractivity contribution in [2.75, 3.05) is 20.3 Å². The highest BCUT2D eigenvalue weighted by Crippen LogP contribution is 2.47. The van der Waals surface area contributed by atoms with Crippen LogP contribution in [0.2, 0.25) is 0 Å². The van der Waals surface area contributed by atoms with Gasteiger partial charge in [-0.05, 0) is 54.8 Å². The number of nitriles is 1. The first-order valence-corrected chi connectivity index (χ1v) is 11.3. The van der Waals surface area contributed by atoms with Crippen molar-refractivity contribution in [2.24, 2.45) is 5.73 Å². The molecule has 1 atom stereocenters. The SMILES string of the molecule is CCCOc1ccc(-c2[nH]nc3c2[C@H](c2ccc(OCCC)c(OC)c2)C(C#N)=C(N)O3)cc1. The number of rotatable bonds is 9. The zero-order valence-corrected chi connectivity index (χ0v) is 19.6. The van der Waals surface area contributed by atoms with Gasteiger partial charge >= 0.3 is 0 Å². The third-order valence-electron chi connectivity index (χ3n) is 5.54. The predicted octanol–water partition coefficient (Wildman–Crippen LogP) is 4.88. The van der Waals surface area contributed by atoms with E-state index < -0.39 is 5.92 Å². The van der Waals surface area contributed by atoms with Gasteiger partial charge in [-0.15, -0.1) is 5.10 Å². The van der Waals surface area contributed by atoms with Crippen molar-refractivity contribution in [1.29, 1.82) is 5.26 Å². The van der Waals surface area contributed by atoms with E-state index in [0.717, 1.165) is 41.0 Å². The van der Waals surface area contributed by atoms with Gasteiger partial charge in [0.25, 0.3) is 0 Å². The van der Waals surface area contributed by atoms with Crippen molar-refractivity contribution >= 4 is 0 Å². The highest BCUT2D eigenvalue weighted by Gasteiger charge is 2.36. The minimum absolute atomic E-state index is 0.0339. The average Bonchev–Trinajstić information content (AvgIpc) is 3.28. The van der Waals surface area contributed by atoms with E-state index in [-0.39, 0.29) is 5.88 Å². The predicted molar refractivity (Wildman–Crippen MR) is 128 cm³/mol. The Morgan fingerprint density at radius 2 is 1.79 bits per heavy atom. The molecule has 0 amide bonds. The molecule has 0 spiro atoms. The van der Waals surface area contributed by atoms with Crippen molar-refractivity contribution in [3.63, 3.8) is 0 Å². The van der Waals surface area contributed by atoms with E-state index in [1.165, 1.54) is 0 Å². The van der Waals surface area contributed by atoms with E-state index >= 15 is 0 Å². The fourth-order valence-electron chi connectivity index (χ4n) is 3.93. The Morgan fingerprint density at radius 3 is 2.47 bits per heavy atom. The minimum Gasteiger partial charge on any atom is -0.494 e. The molecule has 4 rings (SSSR count). The average molecular weight is 461 g/mol. The normalized spacial score (nSPS) is 14.7.